The molecule has 3 N–H and O–H groups in total. The molecule has 1 unspecified atom stereocenters. The second kappa shape index (κ2) is 7.10. The lowest BCUT2D eigenvalue weighted by molar-refractivity contribution is -0.129. The van der Waals surface area contributed by atoms with Crippen LogP contribution in [0.25, 0.3) is 0 Å². The number of rotatable bonds is 6. The number of ether oxygens (including phenoxy) is 1. The maximum Gasteiger partial charge on any atom is 0.240 e. The number of carbonyl (C=O) groups excluding carboxylic acids is 1. The molecule has 1 atom stereocenters. The van der Waals surface area contributed by atoms with Gasteiger partial charge in [-0.2, -0.15) is 0 Å². The molecule has 0 saturated heterocycles. The molecule has 1 amide bonds. The summed E-state index contributed by atoms with van der Waals surface area (Å²) in [6, 6.07) is 0.387. The third kappa shape index (κ3) is 3.69. The summed E-state index contributed by atoms with van der Waals surface area (Å²) < 4.78 is 5.24. The van der Waals surface area contributed by atoms with Crippen molar-refractivity contribution in [2.75, 3.05) is 13.7 Å². The summed E-state index contributed by atoms with van der Waals surface area (Å²) in [7, 11) is 1.62. The Hall–Kier alpha value is -0.610. The van der Waals surface area contributed by atoms with Crippen LogP contribution in [-0.4, -0.2) is 31.2 Å². The van der Waals surface area contributed by atoms with Crippen molar-refractivity contribution < 1.29 is 9.53 Å². The summed E-state index contributed by atoms with van der Waals surface area (Å²) in [6.45, 7) is 4.39. The highest BCUT2D eigenvalue weighted by Crippen LogP contribution is 2.24. The third-order valence-electron chi connectivity index (χ3n) is 4.11. The maximum atomic E-state index is 11.9. The van der Waals surface area contributed by atoms with Crippen LogP contribution in [0.2, 0.25) is 0 Å². The van der Waals surface area contributed by atoms with Crippen LogP contribution in [0.1, 0.15) is 52.4 Å². The van der Waals surface area contributed by atoms with Gasteiger partial charge in [-0.05, 0) is 18.8 Å². The molecule has 1 rings (SSSR count). The summed E-state index contributed by atoms with van der Waals surface area (Å²) >= 11 is 0. The minimum atomic E-state index is -0.732. The average molecular weight is 256 g/mol. The third-order valence-corrected chi connectivity index (χ3v) is 4.11. The molecule has 0 spiro atoms. The smallest absolute Gasteiger partial charge is 0.240 e. The van der Waals surface area contributed by atoms with Gasteiger partial charge in [0.05, 0.1) is 6.61 Å². The normalized spacial score (nSPS) is 21.6. The van der Waals surface area contributed by atoms with Crippen LogP contribution < -0.4 is 11.1 Å². The molecule has 0 aromatic rings. The van der Waals surface area contributed by atoms with Crippen molar-refractivity contribution >= 4 is 5.91 Å². The number of nitrogens with one attached hydrogen (secondary N) is 1. The Morgan fingerprint density at radius 1 is 1.33 bits per heavy atom. The predicted molar refractivity (Wildman–Crippen MR) is 73.3 cm³/mol. The van der Waals surface area contributed by atoms with Crippen molar-refractivity contribution in [3.63, 3.8) is 0 Å². The zero-order valence-electron chi connectivity index (χ0n) is 12.0. The Balaban J connectivity index is 2.78. The second-order valence-corrected chi connectivity index (χ2v) is 5.76. The zero-order valence-corrected chi connectivity index (χ0v) is 12.0. The van der Waals surface area contributed by atoms with E-state index >= 15 is 0 Å². The maximum absolute atomic E-state index is 11.9. The lowest BCUT2D eigenvalue weighted by atomic mass is 9.84. The lowest BCUT2D eigenvalue weighted by Crippen LogP contribution is -2.64. The van der Waals surface area contributed by atoms with E-state index in [1.807, 2.05) is 13.8 Å². The molecule has 0 aromatic heterocycles. The first-order chi connectivity index (χ1) is 8.53. The number of hydrogen-bond donors (Lipinski definition) is 2. The zero-order chi connectivity index (χ0) is 13.6. The minimum Gasteiger partial charge on any atom is -0.382 e. The van der Waals surface area contributed by atoms with Crippen molar-refractivity contribution in [1.82, 2.24) is 5.32 Å². The Labute approximate surface area is 111 Å². The molecule has 106 valence electrons. The van der Waals surface area contributed by atoms with Gasteiger partial charge in [-0.15, -0.1) is 0 Å². The number of nitrogens with two attached hydrogens (primary N) is 1. The van der Waals surface area contributed by atoms with Gasteiger partial charge in [-0.25, -0.2) is 0 Å². The Kier molecular flexibility index (Phi) is 6.09. The lowest BCUT2D eigenvalue weighted by Gasteiger charge is -2.38. The van der Waals surface area contributed by atoms with Crippen LogP contribution >= 0.6 is 0 Å². The average Bonchev–Trinajstić information content (AvgIpc) is 2.56. The standard InChI is InChI=1S/C14H28N2O2/c1-11(2)14(10-18-3,13(15)17)16-12-8-6-4-5-7-9-12/h11-12,16H,4-10H2,1-3H3,(H2,15,17). The molecule has 0 aliphatic heterocycles. The first-order valence-corrected chi connectivity index (χ1v) is 7.09. The molecule has 0 radical (unpaired) electrons. The van der Waals surface area contributed by atoms with E-state index in [2.05, 4.69) is 5.32 Å². The highest BCUT2D eigenvalue weighted by molar-refractivity contribution is 5.85. The summed E-state index contributed by atoms with van der Waals surface area (Å²) in [5, 5.41) is 3.51. The fraction of sp³-hybridized carbons (Fsp3) is 0.929. The molecule has 1 aliphatic rings. The van der Waals surface area contributed by atoms with Gasteiger partial charge in [0.1, 0.15) is 5.54 Å². The summed E-state index contributed by atoms with van der Waals surface area (Å²) in [5.74, 6) is -0.179. The van der Waals surface area contributed by atoms with E-state index in [4.69, 9.17) is 10.5 Å². The molecular weight excluding hydrogens is 228 g/mol. The highest BCUT2D eigenvalue weighted by Gasteiger charge is 2.41. The van der Waals surface area contributed by atoms with Gasteiger partial charge in [0, 0.05) is 13.2 Å². The topological polar surface area (TPSA) is 64.3 Å². The monoisotopic (exact) mass is 256 g/mol. The summed E-state index contributed by atoms with van der Waals surface area (Å²) in [5.41, 5.74) is 4.90. The highest BCUT2D eigenvalue weighted by atomic mass is 16.5. The second-order valence-electron chi connectivity index (χ2n) is 5.76. The van der Waals surface area contributed by atoms with Crippen LogP contribution in [-0.2, 0) is 9.53 Å². The van der Waals surface area contributed by atoms with Gasteiger partial charge in [-0.3, -0.25) is 10.1 Å². The molecule has 0 aromatic carbocycles. The quantitative estimate of drug-likeness (QED) is 0.713. The van der Waals surface area contributed by atoms with Crippen molar-refractivity contribution in [2.24, 2.45) is 11.7 Å². The molecular formula is C14H28N2O2. The van der Waals surface area contributed by atoms with Gasteiger partial charge in [-0.1, -0.05) is 39.5 Å². The van der Waals surface area contributed by atoms with E-state index < -0.39 is 5.54 Å². The van der Waals surface area contributed by atoms with Crippen molar-refractivity contribution in [3.8, 4) is 0 Å². The fourth-order valence-electron chi connectivity index (χ4n) is 2.82. The van der Waals surface area contributed by atoms with Gasteiger partial charge in [0.25, 0.3) is 0 Å². The predicted octanol–water partition coefficient (Wildman–Crippen LogP) is 1.83. The molecule has 18 heavy (non-hydrogen) atoms. The molecule has 0 bridgehead atoms. The number of amides is 1. The molecule has 4 nitrogen and oxygen atoms in total. The number of primary amides is 1. The van der Waals surface area contributed by atoms with Crippen LogP contribution in [0.15, 0.2) is 0 Å². The molecule has 4 heteroatoms. The molecule has 0 heterocycles. The van der Waals surface area contributed by atoms with Crippen molar-refractivity contribution in [2.45, 2.75) is 64.0 Å². The van der Waals surface area contributed by atoms with E-state index in [1.165, 1.54) is 25.7 Å². The van der Waals surface area contributed by atoms with Gasteiger partial charge >= 0.3 is 0 Å². The molecule has 1 saturated carbocycles. The SMILES string of the molecule is COCC(NC1CCCCCC1)(C(N)=O)C(C)C. The van der Waals surface area contributed by atoms with E-state index in [1.54, 1.807) is 7.11 Å². The van der Waals surface area contributed by atoms with Gasteiger partial charge in [0.2, 0.25) is 5.91 Å². The fourth-order valence-corrected chi connectivity index (χ4v) is 2.82. The largest absolute Gasteiger partial charge is 0.382 e. The number of methoxy groups -OCH3 is 1. The summed E-state index contributed by atoms with van der Waals surface area (Å²) in [4.78, 5) is 11.9. The van der Waals surface area contributed by atoms with E-state index in [0.717, 1.165) is 12.8 Å². The van der Waals surface area contributed by atoms with Crippen LogP contribution in [0.4, 0.5) is 0 Å². The van der Waals surface area contributed by atoms with Crippen molar-refractivity contribution in [1.29, 1.82) is 0 Å². The van der Waals surface area contributed by atoms with Crippen molar-refractivity contribution in [3.05, 3.63) is 0 Å². The van der Waals surface area contributed by atoms with Crippen LogP contribution in [0.3, 0.4) is 0 Å². The number of hydrogen-bond acceptors (Lipinski definition) is 3. The Morgan fingerprint density at radius 3 is 2.28 bits per heavy atom. The van der Waals surface area contributed by atoms with E-state index in [9.17, 15) is 4.79 Å². The van der Waals surface area contributed by atoms with E-state index in [-0.39, 0.29) is 11.8 Å². The van der Waals surface area contributed by atoms with Gasteiger partial charge in [0.15, 0.2) is 0 Å². The summed E-state index contributed by atoms with van der Waals surface area (Å²) in [6.07, 6.45) is 7.33. The Morgan fingerprint density at radius 2 is 1.89 bits per heavy atom. The number of carbonyl (C=O) groups is 1. The van der Waals surface area contributed by atoms with E-state index in [0.29, 0.717) is 12.6 Å². The Bertz CT molecular complexity index is 261. The molecule has 1 aliphatic carbocycles. The van der Waals surface area contributed by atoms with Crippen LogP contribution in [0.5, 0.6) is 0 Å². The minimum absolute atomic E-state index is 0.123. The molecule has 1 fully saturated rings. The first-order valence-electron chi connectivity index (χ1n) is 7.09. The van der Waals surface area contributed by atoms with Gasteiger partial charge < -0.3 is 10.5 Å². The van der Waals surface area contributed by atoms with Crippen LogP contribution in [0, 0.1) is 5.92 Å². The first kappa shape index (κ1) is 15.4.